The molecule has 1 aromatic carbocycles. The molecule has 0 saturated carbocycles. The van der Waals surface area contributed by atoms with Gasteiger partial charge in [0, 0.05) is 19.3 Å². The molecule has 0 saturated heterocycles. The maximum absolute atomic E-state index is 12.2. The van der Waals surface area contributed by atoms with Crippen molar-refractivity contribution in [1.29, 1.82) is 0 Å². The third kappa shape index (κ3) is 3.92. The van der Waals surface area contributed by atoms with Gasteiger partial charge >= 0.3 is 6.03 Å². The molecular weight excluding hydrogens is 288 g/mol. The van der Waals surface area contributed by atoms with E-state index in [0.717, 1.165) is 25.0 Å². The summed E-state index contributed by atoms with van der Waals surface area (Å²) in [6.07, 6.45) is 5.44. The summed E-state index contributed by atoms with van der Waals surface area (Å²) in [6.45, 7) is 1.20. The molecule has 1 aromatic heterocycles. The maximum atomic E-state index is 12.2. The maximum Gasteiger partial charge on any atom is 0.317 e. The SMILES string of the molecule is CN(Cc1n[nH]c2c1CCCC2)C(=O)NCCc1ccccc1. The van der Waals surface area contributed by atoms with Gasteiger partial charge in [0.05, 0.1) is 12.2 Å². The Labute approximate surface area is 137 Å². The summed E-state index contributed by atoms with van der Waals surface area (Å²) in [4.78, 5) is 13.9. The minimum atomic E-state index is -0.0477. The average molecular weight is 312 g/mol. The van der Waals surface area contributed by atoms with Gasteiger partial charge in [-0.25, -0.2) is 4.79 Å². The van der Waals surface area contributed by atoms with Crippen LogP contribution in [0, 0.1) is 0 Å². The van der Waals surface area contributed by atoms with Crippen molar-refractivity contribution in [3.8, 4) is 0 Å². The first-order valence-electron chi connectivity index (χ1n) is 8.32. The largest absolute Gasteiger partial charge is 0.338 e. The number of carbonyl (C=O) groups excluding carboxylic acids is 1. The van der Waals surface area contributed by atoms with E-state index in [-0.39, 0.29) is 6.03 Å². The van der Waals surface area contributed by atoms with Crippen LogP contribution in [0.3, 0.4) is 0 Å². The summed E-state index contributed by atoms with van der Waals surface area (Å²) in [5.74, 6) is 0. The Bertz CT molecular complexity index is 650. The first kappa shape index (κ1) is 15.6. The Morgan fingerprint density at radius 1 is 1.26 bits per heavy atom. The van der Waals surface area contributed by atoms with Crippen LogP contribution in [0.1, 0.15) is 35.4 Å². The van der Waals surface area contributed by atoms with E-state index in [0.29, 0.717) is 13.1 Å². The van der Waals surface area contributed by atoms with Crippen molar-refractivity contribution in [3.63, 3.8) is 0 Å². The number of nitrogens with one attached hydrogen (secondary N) is 2. The summed E-state index contributed by atoms with van der Waals surface area (Å²) in [7, 11) is 1.82. The van der Waals surface area contributed by atoms with Crippen LogP contribution in [0.5, 0.6) is 0 Å². The number of fused-ring (bicyclic) bond motifs is 1. The number of rotatable bonds is 5. The van der Waals surface area contributed by atoms with Gasteiger partial charge in [0.2, 0.25) is 0 Å². The summed E-state index contributed by atoms with van der Waals surface area (Å²) in [5.41, 5.74) is 4.82. The zero-order valence-electron chi connectivity index (χ0n) is 13.6. The van der Waals surface area contributed by atoms with Crippen molar-refractivity contribution < 1.29 is 4.79 Å². The Morgan fingerprint density at radius 3 is 2.87 bits per heavy atom. The van der Waals surface area contributed by atoms with E-state index < -0.39 is 0 Å². The van der Waals surface area contributed by atoms with E-state index in [1.807, 2.05) is 25.2 Å². The van der Waals surface area contributed by atoms with Crippen molar-refractivity contribution in [3.05, 3.63) is 52.8 Å². The number of aromatic amines is 1. The molecule has 5 heteroatoms. The lowest BCUT2D eigenvalue weighted by atomic mass is 9.96. The predicted octanol–water partition coefficient (Wildman–Crippen LogP) is 2.67. The molecule has 0 atom stereocenters. The molecular formula is C18H24N4O. The van der Waals surface area contributed by atoms with Crippen molar-refractivity contribution in [2.75, 3.05) is 13.6 Å². The van der Waals surface area contributed by atoms with Crippen molar-refractivity contribution in [1.82, 2.24) is 20.4 Å². The van der Waals surface area contributed by atoms with Crippen LogP contribution in [0.15, 0.2) is 30.3 Å². The van der Waals surface area contributed by atoms with E-state index in [1.165, 1.54) is 29.7 Å². The first-order valence-corrected chi connectivity index (χ1v) is 8.32. The fraction of sp³-hybridized carbons (Fsp3) is 0.444. The second-order valence-corrected chi connectivity index (χ2v) is 6.16. The summed E-state index contributed by atoms with van der Waals surface area (Å²) >= 11 is 0. The van der Waals surface area contributed by atoms with Gasteiger partial charge in [-0.05, 0) is 43.2 Å². The van der Waals surface area contributed by atoms with Crippen LogP contribution in [0.4, 0.5) is 4.79 Å². The lowest BCUT2D eigenvalue weighted by Crippen LogP contribution is -2.38. The van der Waals surface area contributed by atoms with Gasteiger partial charge in [-0.2, -0.15) is 5.10 Å². The molecule has 122 valence electrons. The Kier molecular flexibility index (Phi) is 4.95. The smallest absolute Gasteiger partial charge is 0.317 e. The van der Waals surface area contributed by atoms with Gasteiger partial charge in [0.25, 0.3) is 0 Å². The van der Waals surface area contributed by atoms with E-state index in [4.69, 9.17) is 0 Å². The van der Waals surface area contributed by atoms with Crippen LogP contribution in [-0.2, 0) is 25.8 Å². The number of H-pyrrole nitrogens is 1. The first-order chi connectivity index (χ1) is 11.2. The predicted molar refractivity (Wildman–Crippen MR) is 90.2 cm³/mol. The van der Waals surface area contributed by atoms with E-state index in [1.54, 1.807) is 4.90 Å². The highest BCUT2D eigenvalue weighted by Crippen LogP contribution is 2.22. The minimum absolute atomic E-state index is 0.0477. The third-order valence-electron chi connectivity index (χ3n) is 4.41. The molecule has 1 aliphatic carbocycles. The molecule has 2 amide bonds. The molecule has 0 spiro atoms. The number of amides is 2. The van der Waals surface area contributed by atoms with Crippen molar-refractivity contribution in [2.24, 2.45) is 0 Å². The second kappa shape index (κ2) is 7.31. The van der Waals surface area contributed by atoms with Crippen molar-refractivity contribution in [2.45, 2.75) is 38.6 Å². The van der Waals surface area contributed by atoms with Gasteiger partial charge in [-0.1, -0.05) is 30.3 Å². The monoisotopic (exact) mass is 312 g/mol. The fourth-order valence-corrected chi connectivity index (χ4v) is 3.07. The fourth-order valence-electron chi connectivity index (χ4n) is 3.07. The molecule has 1 heterocycles. The average Bonchev–Trinajstić information content (AvgIpc) is 2.99. The van der Waals surface area contributed by atoms with Crippen LogP contribution >= 0.6 is 0 Å². The summed E-state index contributed by atoms with van der Waals surface area (Å²) < 4.78 is 0. The quantitative estimate of drug-likeness (QED) is 0.891. The van der Waals surface area contributed by atoms with Crippen LogP contribution in [-0.4, -0.2) is 34.7 Å². The molecule has 0 aliphatic heterocycles. The van der Waals surface area contributed by atoms with E-state index >= 15 is 0 Å². The Morgan fingerprint density at radius 2 is 2.04 bits per heavy atom. The van der Waals surface area contributed by atoms with E-state index in [2.05, 4.69) is 27.6 Å². The zero-order chi connectivity index (χ0) is 16.1. The van der Waals surface area contributed by atoms with Gasteiger partial charge in [-0.3, -0.25) is 5.10 Å². The number of carbonyl (C=O) groups is 1. The third-order valence-corrected chi connectivity index (χ3v) is 4.41. The van der Waals surface area contributed by atoms with Gasteiger partial charge in [0.15, 0.2) is 0 Å². The standard InChI is InChI=1S/C18H24N4O/c1-22(13-17-15-9-5-6-10-16(15)20-21-17)18(23)19-12-11-14-7-3-2-4-8-14/h2-4,7-8H,5-6,9-13H2,1H3,(H,19,23)(H,20,21). The molecule has 2 N–H and O–H groups in total. The molecule has 23 heavy (non-hydrogen) atoms. The molecule has 3 rings (SSSR count). The molecule has 0 bridgehead atoms. The number of urea groups is 1. The molecule has 1 aliphatic rings. The topological polar surface area (TPSA) is 61.0 Å². The molecule has 0 unspecified atom stereocenters. The Balaban J connectivity index is 1.49. The second-order valence-electron chi connectivity index (χ2n) is 6.16. The molecule has 0 fully saturated rings. The lowest BCUT2D eigenvalue weighted by molar-refractivity contribution is 0.206. The number of hydrogen-bond donors (Lipinski definition) is 2. The summed E-state index contributed by atoms with van der Waals surface area (Å²) in [6, 6.07) is 10.1. The minimum Gasteiger partial charge on any atom is -0.338 e. The number of aryl methyl sites for hydroxylation is 1. The number of aromatic nitrogens is 2. The normalized spacial score (nSPS) is 13.4. The number of nitrogens with zero attached hydrogens (tertiary/aromatic N) is 2. The highest BCUT2D eigenvalue weighted by atomic mass is 16.2. The lowest BCUT2D eigenvalue weighted by Gasteiger charge is -2.18. The van der Waals surface area contributed by atoms with E-state index in [9.17, 15) is 4.79 Å². The number of benzene rings is 1. The molecule has 0 radical (unpaired) electrons. The summed E-state index contributed by atoms with van der Waals surface area (Å²) in [5, 5.41) is 10.5. The van der Waals surface area contributed by atoms with Crippen LogP contribution in [0.25, 0.3) is 0 Å². The van der Waals surface area contributed by atoms with Gasteiger partial charge in [-0.15, -0.1) is 0 Å². The van der Waals surface area contributed by atoms with Crippen LogP contribution in [0.2, 0.25) is 0 Å². The van der Waals surface area contributed by atoms with Gasteiger partial charge < -0.3 is 10.2 Å². The Hall–Kier alpha value is -2.30. The highest BCUT2D eigenvalue weighted by molar-refractivity contribution is 5.73. The van der Waals surface area contributed by atoms with Gasteiger partial charge in [0.1, 0.15) is 0 Å². The van der Waals surface area contributed by atoms with Crippen molar-refractivity contribution >= 4 is 6.03 Å². The number of hydrogen-bond acceptors (Lipinski definition) is 2. The molecule has 2 aromatic rings. The highest BCUT2D eigenvalue weighted by Gasteiger charge is 2.19. The van der Waals surface area contributed by atoms with Crippen LogP contribution < -0.4 is 5.32 Å². The molecule has 5 nitrogen and oxygen atoms in total. The zero-order valence-corrected chi connectivity index (χ0v) is 13.6.